The summed E-state index contributed by atoms with van der Waals surface area (Å²) >= 11 is 0. The van der Waals surface area contributed by atoms with Gasteiger partial charge >= 0.3 is 5.69 Å². The van der Waals surface area contributed by atoms with Crippen LogP contribution in [0.3, 0.4) is 0 Å². The molecule has 0 radical (unpaired) electrons. The summed E-state index contributed by atoms with van der Waals surface area (Å²) in [5, 5.41) is 2.73. The lowest BCUT2D eigenvalue weighted by Gasteiger charge is -2.16. The van der Waals surface area contributed by atoms with Crippen molar-refractivity contribution in [1.29, 1.82) is 0 Å². The molecule has 3 aromatic rings. The van der Waals surface area contributed by atoms with Gasteiger partial charge in [0.1, 0.15) is 12.4 Å². The van der Waals surface area contributed by atoms with Gasteiger partial charge in [-0.15, -0.1) is 0 Å². The number of rotatable bonds is 7. The van der Waals surface area contributed by atoms with Crippen LogP contribution in [0.25, 0.3) is 11.0 Å². The Morgan fingerprint density at radius 3 is 2.36 bits per heavy atom. The third-order valence-electron chi connectivity index (χ3n) is 5.86. The highest BCUT2D eigenvalue weighted by Crippen LogP contribution is 2.25. The van der Waals surface area contributed by atoms with E-state index in [-0.39, 0.29) is 35.5 Å². The van der Waals surface area contributed by atoms with Crippen LogP contribution >= 0.6 is 0 Å². The quantitative estimate of drug-likeness (QED) is 0.570. The zero-order valence-electron chi connectivity index (χ0n) is 18.6. The third-order valence-corrected chi connectivity index (χ3v) is 7.75. The Morgan fingerprint density at radius 1 is 1.06 bits per heavy atom. The molecule has 1 aliphatic heterocycles. The molecular formula is C23H27FN4O4S. The molecule has 8 nitrogen and oxygen atoms in total. The lowest BCUT2D eigenvalue weighted by atomic mass is 10.2. The number of hydrogen-bond donors (Lipinski definition) is 1. The van der Waals surface area contributed by atoms with Crippen molar-refractivity contribution < 1.29 is 17.6 Å². The Labute approximate surface area is 191 Å². The van der Waals surface area contributed by atoms with E-state index in [0.717, 1.165) is 18.4 Å². The maximum atomic E-state index is 13.1. The number of nitrogens with zero attached hydrogens (tertiary/aromatic N) is 3. The normalized spacial score (nSPS) is 14.9. The fourth-order valence-electron chi connectivity index (χ4n) is 4.15. The number of carbonyl (C=O) groups excluding carboxylic acids is 1. The van der Waals surface area contributed by atoms with Gasteiger partial charge in [-0.25, -0.2) is 17.6 Å². The first-order valence-corrected chi connectivity index (χ1v) is 12.4. The fraction of sp³-hybridized carbons (Fsp3) is 0.391. The molecule has 2 aromatic carbocycles. The van der Waals surface area contributed by atoms with Crippen molar-refractivity contribution in [3.8, 4) is 0 Å². The van der Waals surface area contributed by atoms with Gasteiger partial charge in [0.05, 0.1) is 15.9 Å². The van der Waals surface area contributed by atoms with Crippen molar-refractivity contribution >= 4 is 27.0 Å². The summed E-state index contributed by atoms with van der Waals surface area (Å²) in [5.74, 6) is -0.769. The highest BCUT2D eigenvalue weighted by Gasteiger charge is 2.28. The summed E-state index contributed by atoms with van der Waals surface area (Å²) in [5.41, 5.74) is 1.31. The number of benzene rings is 2. The minimum atomic E-state index is -3.67. The fourth-order valence-corrected chi connectivity index (χ4v) is 5.69. The average Bonchev–Trinajstić information content (AvgIpc) is 3.41. The molecule has 176 valence electrons. The van der Waals surface area contributed by atoms with Crippen LogP contribution in [-0.4, -0.2) is 40.9 Å². The molecule has 0 saturated carbocycles. The summed E-state index contributed by atoms with van der Waals surface area (Å²) in [7, 11) is -3.67. The van der Waals surface area contributed by atoms with E-state index < -0.39 is 15.9 Å². The molecule has 1 aromatic heterocycles. The summed E-state index contributed by atoms with van der Waals surface area (Å²) in [4.78, 5) is 25.9. The van der Waals surface area contributed by atoms with Gasteiger partial charge in [-0.2, -0.15) is 4.31 Å². The van der Waals surface area contributed by atoms with E-state index in [4.69, 9.17) is 0 Å². The van der Waals surface area contributed by atoms with Crippen LogP contribution in [0.1, 0.15) is 38.3 Å². The Balaban J connectivity index is 1.67. The summed E-state index contributed by atoms with van der Waals surface area (Å²) < 4.78 is 43.5. The summed E-state index contributed by atoms with van der Waals surface area (Å²) in [6.45, 7) is 4.59. The monoisotopic (exact) mass is 474 g/mol. The van der Waals surface area contributed by atoms with E-state index in [9.17, 15) is 22.4 Å². The van der Waals surface area contributed by atoms with Crippen molar-refractivity contribution in [2.75, 3.05) is 13.1 Å². The molecule has 0 aliphatic carbocycles. The molecule has 0 spiro atoms. The number of nitrogens with one attached hydrogen (secondary N) is 1. The van der Waals surface area contributed by atoms with Crippen LogP contribution in [0.5, 0.6) is 0 Å². The zero-order valence-corrected chi connectivity index (χ0v) is 19.4. The smallest absolute Gasteiger partial charge is 0.329 e. The SMILES string of the molecule is CC(C)n1c(=O)n(CC(=O)NCc2ccc(F)cc2)c2cc(S(=O)(=O)N3CCCC3)ccc21. The highest BCUT2D eigenvalue weighted by atomic mass is 32.2. The van der Waals surface area contributed by atoms with Crippen molar-refractivity contribution in [1.82, 2.24) is 18.8 Å². The van der Waals surface area contributed by atoms with Gasteiger partial charge in [-0.1, -0.05) is 12.1 Å². The van der Waals surface area contributed by atoms with Crippen LogP contribution in [0.2, 0.25) is 0 Å². The van der Waals surface area contributed by atoms with Crippen LogP contribution in [0.15, 0.2) is 52.2 Å². The number of imidazole rings is 1. The first-order chi connectivity index (χ1) is 15.7. The minimum Gasteiger partial charge on any atom is -0.350 e. The van der Waals surface area contributed by atoms with Gasteiger partial charge in [-0.3, -0.25) is 13.9 Å². The van der Waals surface area contributed by atoms with Crippen LogP contribution in [-0.2, 0) is 27.9 Å². The second-order valence-corrected chi connectivity index (χ2v) is 10.4. The molecule has 1 aliphatic rings. The van der Waals surface area contributed by atoms with Crippen molar-refractivity contribution in [2.45, 2.75) is 50.7 Å². The molecule has 1 amide bonds. The number of amides is 1. The molecule has 1 saturated heterocycles. The summed E-state index contributed by atoms with van der Waals surface area (Å²) in [6, 6.07) is 10.2. The van der Waals surface area contributed by atoms with E-state index in [1.165, 1.54) is 33.1 Å². The predicted octanol–water partition coefficient (Wildman–Crippen LogP) is 2.62. The molecule has 1 fully saturated rings. The molecule has 10 heteroatoms. The number of aromatic nitrogens is 2. The predicted molar refractivity (Wildman–Crippen MR) is 123 cm³/mol. The van der Waals surface area contributed by atoms with E-state index >= 15 is 0 Å². The average molecular weight is 475 g/mol. The first-order valence-electron chi connectivity index (χ1n) is 10.9. The molecule has 0 atom stereocenters. The van der Waals surface area contributed by atoms with Crippen molar-refractivity contribution in [3.05, 3.63) is 64.3 Å². The second kappa shape index (κ2) is 9.11. The van der Waals surface area contributed by atoms with Gasteiger partial charge in [-0.05, 0) is 62.6 Å². The number of fused-ring (bicyclic) bond motifs is 1. The van der Waals surface area contributed by atoms with E-state index in [0.29, 0.717) is 24.1 Å². The molecular weight excluding hydrogens is 447 g/mol. The maximum Gasteiger partial charge on any atom is 0.329 e. The maximum absolute atomic E-state index is 13.1. The van der Waals surface area contributed by atoms with Crippen LogP contribution in [0, 0.1) is 5.82 Å². The van der Waals surface area contributed by atoms with Crippen molar-refractivity contribution in [3.63, 3.8) is 0 Å². The Morgan fingerprint density at radius 2 is 1.73 bits per heavy atom. The number of carbonyl (C=O) groups is 1. The Bertz CT molecular complexity index is 1340. The topological polar surface area (TPSA) is 93.4 Å². The molecule has 4 rings (SSSR count). The van der Waals surface area contributed by atoms with E-state index in [1.54, 1.807) is 22.8 Å². The number of sulfonamides is 1. The Hall–Kier alpha value is -2.98. The molecule has 1 N–H and O–H groups in total. The van der Waals surface area contributed by atoms with Crippen molar-refractivity contribution in [2.24, 2.45) is 0 Å². The van der Waals surface area contributed by atoms with Crippen LogP contribution in [0.4, 0.5) is 4.39 Å². The van der Waals surface area contributed by atoms with Gasteiger partial charge in [0.2, 0.25) is 15.9 Å². The molecule has 0 bridgehead atoms. The number of halogens is 1. The van der Waals surface area contributed by atoms with E-state index in [2.05, 4.69) is 5.32 Å². The van der Waals surface area contributed by atoms with Gasteiger partial charge in [0.25, 0.3) is 0 Å². The zero-order chi connectivity index (χ0) is 23.8. The van der Waals surface area contributed by atoms with Gasteiger partial charge < -0.3 is 5.32 Å². The van der Waals surface area contributed by atoms with Gasteiger partial charge in [0, 0.05) is 25.7 Å². The molecule has 2 heterocycles. The Kier molecular flexibility index (Phi) is 6.40. The van der Waals surface area contributed by atoms with Gasteiger partial charge in [0.15, 0.2) is 0 Å². The van der Waals surface area contributed by atoms with Crippen LogP contribution < -0.4 is 11.0 Å². The standard InChI is InChI=1S/C23H27FN4O4S/c1-16(2)28-20-10-9-19(33(31,32)26-11-3-4-12-26)13-21(20)27(23(28)30)15-22(29)25-14-17-5-7-18(24)8-6-17/h5-10,13,16H,3-4,11-12,14-15H2,1-2H3,(H,25,29). The largest absolute Gasteiger partial charge is 0.350 e. The van der Waals surface area contributed by atoms with E-state index in [1.807, 2.05) is 13.8 Å². The lowest BCUT2D eigenvalue weighted by Crippen LogP contribution is -2.33. The molecule has 0 unspecified atom stereocenters. The second-order valence-electron chi connectivity index (χ2n) is 8.50. The minimum absolute atomic E-state index is 0.110. The highest BCUT2D eigenvalue weighted by molar-refractivity contribution is 7.89. The third kappa shape index (κ3) is 4.58. The first kappa shape index (κ1) is 23.2. The number of hydrogen-bond acceptors (Lipinski definition) is 4. The summed E-state index contributed by atoms with van der Waals surface area (Å²) in [6.07, 6.45) is 1.65. The molecule has 33 heavy (non-hydrogen) atoms. The lowest BCUT2D eigenvalue weighted by molar-refractivity contribution is -0.121.